The first-order chi connectivity index (χ1) is 7.35. The molecule has 0 spiro atoms. The smallest absolute Gasteiger partial charge is 0.401 e. The zero-order valence-corrected chi connectivity index (χ0v) is 9.90. The summed E-state index contributed by atoms with van der Waals surface area (Å²) in [6.45, 7) is 0.417. The van der Waals surface area contributed by atoms with E-state index in [-0.39, 0.29) is 6.54 Å². The molecule has 0 saturated carbocycles. The van der Waals surface area contributed by atoms with Gasteiger partial charge in [-0.3, -0.25) is 9.69 Å². The number of carboxylic acid groups (broad SMARTS) is 1. The second kappa shape index (κ2) is 7.78. The number of hydrogen-bond acceptors (Lipinski definition) is 3. The van der Waals surface area contributed by atoms with Crippen molar-refractivity contribution in [3.63, 3.8) is 0 Å². The van der Waals surface area contributed by atoms with E-state index in [4.69, 9.17) is 5.11 Å². The molecule has 0 aromatic rings. The monoisotopic (exact) mass is 259 g/mol. The van der Waals surface area contributed by atoms with Gasteiger partial charge < -0.3 is 5.11 Å². The van der Waals surface area contributed by atoms with Gasteiger partial charge in [-0.2, -0.15) is 24.9 Å². The molecule has 0 radical (unpaired) electrons. The summed E-state index contributed by atoms with van der Waals surface area (Å²) in [4.78, 5) is 11.3. The zero-order valence-electron chi connectivity index (χ0n) is 9.09. The Morgan fingerprint density at radius 2 is 2.06 bits per heavy atom. The van der Waals surface area contributed by atoms with Gasteiger partial charge in [0.15, 0.2) is 0 Å². The number of alkyl halides is 3. The highest BCUT2D eigenvalue weighted by atomic mass is 32.2. The fraction of sp³-hybridized carbons (Fsp3) is 0.889. The Morgan fingerprint density at radius 1 is 1.44 bits per heavy atom. The Morgan fingerprint density at radius 3 is 2.50 bits per heavy atom. The first-order valence-corrected chi connectivity index (χ1v) is 6.09. The minimum Gasteiger partial charge on any atom is -0.480 e. The van der Waals surface area contributed by atoms with Crippen molar-refractivity contribution in [1.82, 2.24) is 4.90 Å². The predicted octanol–water partition coefficient (Wildman–Crippen LogP) is 2.08. The summed E-state index contributed by atoms with van der Waals surface area (Å²) in [5, 5.41) is 8.47. The Bertz CT molecular complexity index is 211. The van der Waals surface area contributed by atoms with Crippen LogP contribution in [-0.2, 0) is 4.79 Å². The number of rotatable bonds is 8. The van der Waals surface area contributed by atoms with Gasteiger partial charge in [0.25, 0.3) is 0 Å². The zero-order chi connectivity index (χ0) is 12.6. The Labute approximate surface area is 97.0 Å². The van der Waals surface area contributed by atoms with E-state index in [1.165, 1.54) is 0 Å². The van der Waals surface area contributed by atoms with Crippen LogP contribution in [0.5, 0.6) is 0 Å². The van der Waals surface area contributed by atoms with Crippen LogP contribution in [0.4, 0.5) is 13.2 Å². The first-order valence-electron chi connectivity index (χ1n) is 4.93. The summed E-state index contributed by atoms with van der Waals surface area (Å²) in [6, 6.07) is 0. The first kappa shape index (κ1) is 15.6. The topological polar surface area (TPSA) is 40.5 Å². The third kappa shape index (κ3) is 10.1. The molecule has 0 aromatic carbocycles. The number of carbonyl (C=O) groups is 1. The lowest BCUT2D eigenvalue weighted by Crippen LogP contribution is -2.38. The maximum Gasteiger partial charge on any atom is 0.401 e. The van der Waals surface area contributed by atoms with E-state index in [2.05, 4.69) is 0 Å². The molecule has 0 aromatic heterocycles. The maximum atomic E-state index is 12.1. The number of nitrogens with zero attached hydrogens (tertiary/aromatic N) is 1. The SMILES string of the molecule is CCSCCCN(CC(=O)O)CC(F)(F)F. The van der Waals surface area contributed by atoms with Crippen LogP contribution >= 0.6 is 11.8 Å². The second-order valence-corrected chi connectivity index (χ2v) is 4.66. The number of hydrogen-bond donors (Lipinski definition) is 1. The van der Waals surface area contributed by atoms with Crippen LogP contribution in [0, 0.1) is 0 Å². The number of aliphatic carboxylic acids is 1. The molecule has 0 fully saturated rings. The molecule has 0 atom stereocenters. The van der Waals surface area contributed by atoms with Gasteiger partial charge in [-0.25, -0.2) is 0 Å². The summed E-state index contributed by atoms with van der Waals surface area (Å²) < 4.78 is 36.3. The van der Waals surface area contributed by atoms with Gasteiger partial charge in [0.2, 0.25) is 0 Å². The van der Waals surface area contributed by atoms with E-state index in [9.17, 15) is 18.0 Å². The second-order valence-electron chi connectivity index (χ2n) is 3.27. The van der Waals surface area contributed by atoms with Crippen LogP contribution < -0.4 is 0 Å². The number of halogens is 3. The summed E-state index contributed by atoms with van der Waals surface area (Å²) in [6.07, 6.45) is -3.77. The summed E-state index contributed by atoms with van der Waals surface area (Å²) >= 11 is 1.63. The molecule has 1 N–H and O–H groups in total. The Hall–Kier alpha value is -0.430. The molecule has 0 rings (SSSR count). The molecule has 0 bridgehead atoms. The highest BCUT2D eigenvalue weighted by molar-refractivity contribution is 7.99. The molecule has 0 heterocycles. The van der Waals surface area contributed by atoms with Gasteiger partial charge in [0, 0.05) is 0 Å². The van der Waals surface area contributed by atoms with Crippen molar-refractivity contribution in [2.24, 2.45) is 0 Å². The quantitative estimate of drug-likeness (QED) is 0.678. The Balaban J connectivity index is 3.96. The Kier molecular flexibility index (Phi) is 7.57. The molecular formula is C9H16F3NO2S. The normalized spacial score (nSPS) is 12.1. The van der Waals surface area contributed by atoms with Crippen LogP contribution in [0.2, 0.25) is 0 Å². The maximum absolute atomic E-state index is 12.1. The average molecular weight is 259 g/mol. The van der Waals surface area contributed by atoms with Gasteiger partial charge in [-0.1, -0.05) is 6.92 Å². The van der Waals surface area contributed by atoms with Gasteiger partial charge in [0.05, 0.1) is 13.1 Å². The fourth-order valence-corrected chi connectivity index (χ4v) is 1.82. The molecule has 16 heavy (non-hydrogen) atoms. The summed E-state index contributed by atoms with van der Waals surface area (Å²) in [7, 11) is 0. The molecular weight excluding hydrogens is 243 g/mol. The van der Waals surface area contributed by atoms with Crippen molar-refractivity contribution in [2.45, 2.75) is 19.5 Å². The molecule has 0 amide bonds. The molecule has 0 unspecified atom stereocenters. The van der Waals surface area contributed by atoms with Gasteiger partial charge in [-0.05, 0) is 24.5 Å². The van der Waals surface area contributed by atoms with Crippen molar-refractivity contribution < 1.29 is 23.1 Å². The van der Waals surface area contributed by atoms with E-state index in [0.717, 1.165) is 16.4 Å². The van der Waals surface area contributed by atoms with E-state index in [0.29, 0.717) is 6.42 Å². The van der Waals surface area contributed by atoms with Gasteiger partial charge in [-0.15, -0.1) is 0 Å². The lowest BCUT2D eigenvalue weighted by Gasteiger charge is -2.21. The molecule has 7 heteroatoms. The number of carboxylic acids is 1. The molecule has 96 valence electrons. The minimum absolute atomic E-state index is 0.165. The molecule has 0 saturated heterocycles. The van der Waals surface area contributed by atoms with Crippen molar-refractivity contribution in [3.8, 4) is 0 Å². The predicted molar refractivity (Wildman–Crippen MR) is 57.7 cm³/mol. The van der Waals surface area contributed by atoms with Gasteiger partial charge in [0.1, 0.15) is 0 Å². The molecule has 0 aliphatic carbocycles. The molecule has 3 nitrogen and oxygen atoms in total. The largest absolute Gasteiger partial charge is 0.480 e. The standard InChI is InChI=1S/C9H16F3NO2S/c1-2-16-5-3-4-13(6-8(14)15)7-9(10,11)12/h2-7H2,1H3,(H,14,15). The summed E-state index contributed by atoms with van der Waals surface area (Å²) in [5.74, 6) is 0.440. The lowest BCUT2D eigenvalue weighted by atomic mass is 10.4. The van der Waals surface area contributed by atoms with Crippen molar-refractivity contribution in [1.29, 1.82) is 0 Å². The van der Waals surface area contributed by atoms with E-state index in [1.807, 2.05) is 6.92 Å². The molecule has 0 aliphatic heterocycles. The lowest BCUT2D eigenvalue weighted by molar-refractivity contribution is -0.153. The highest BCUT2D eigenvalue weighted by Crippen LogP contribution is 2.16. The van der Waals surface area contributed by atoms with Gasteiger partial charge >= 0.3 is 12.1 Å². The van der Waals surface area contributed by atoms with Crippen molar-refractivity contribution in [2.75, 3.05) is 31.1 Å². The van der Waals surface area contributed by atoms with E-state index >= 15 is 0 Å². The minimum atomic E-state index is -4.34. The van der Waals surface area contributed by atoms with E-state index in [1.54, 1.807) is 11.8 Å². The van der Waals surface area contributed by atoms with Crippen LogP contribution in [0.1, 0.15) is 13.3 Å². The van der Waals surface area contributed by atoms with Crippen molar-refractivity contribution in [3.05, 3.63) is 0 Å². The average Bonchev–Trinajstić information content (AvgIpc) is 2.08. The molecule has 0 aliphatic rings. The highest BCUT2D eigenvalue weighted by Gasteiger charge is 2.31. The third-order valence-electron chi connectivity index (χ3n) is 1.73. The van der Waals surface area contributed by atoms with Crippen LogP contribution in [0.3, 0.4) is 0 Å². The summed E-state index contributed by atoms with van der Waals surface area (Å²) in [5.41, 5.74) is 0. The fourth-order valence-electron chi connectivity index (χ4n) is 1.19. The van der Waals surface area contributed by atoms with Crippen molar-refractivity contribution >= 4 is 17.7 Å². The van der Waals surface area contributed by atoms with E-state index < -0.39 is 25.2 Å². The van der Waals surface area contributed by atoms with Crippen LogP contribution in [0.25, 0.3) is 0 Å². The van der Waals surface area contributed by atoms with Crippen LogP contribution in [0.15, 0.2) is 0 Å². The number of thioether (sulfide) groups is 1. The van der Waals surface area contributed by atoms with Crippen LogP contribution in [-0.4, -0.2) is 53.3 Å². The third-order valence-corrected chi connectivity index (χ3v) is 2.71.